The molecule has 0 saturated carbocycles. The minimum absolute atomic E-state index is 0.138. The van der Waals surface area contributed by atoms with Crippen LogP contribution in [0.15, 0.2) is 66.7 Å². The number of nitrogens with zero attached hydrogens (tertiary/aromatic N) is 1. The van der Waals surface area contributed by atoms with E-state index in [1.807, 2.05) is 81.4 Å². The molecule has 1 heterocycles. The summed E-state index contributed by atoms with van der Waals surface area (Å²) in [5.74, 6) is -0.138. The van der Waals surface area contributed by atoms with Crippen LogP contribution in [0.3, 0.4) is 0 Å². The van der Waals surface area contributed by atoms with Crippen LogP contribution >= 0.6 is 11.6 Å². The van der Waals surface area contributed by atoms with E-state index in [4.69, 9.17) is 16.6 Å². The number of rotatable bonds is 3. The standard InChI is InChI=1S/C25H21ClN2O/c1-15-13-16(2)23-21(14-15)22(25(29)27-20-7-5-4-6-8-20)17(3)24(28-23)18-9-11-19(26)12-10-18/h4-14H,1-3H3,(H,27,29). The summed E-state index contributed by atoms with van der Waals surface area (Å²) in [5, 5.41) is 4.56. The summed E-state index contributed by atoms with van der Waals surface area (Å²) in [6.07, 6.45) is 0. The number of carbonyl (C=O) groups excluding carboxylic acids is 1. The summed E-state index contributed by atoms with van der Waals surface area (Å²) in [7, 11) is 0. The van der Waals surface area contributed by atoms with Gasteiger partial charge in [0.1, 0.15) is 0 Å². The van der Waals surface area contributed by atoms with Gasteiger partial charge in [0.25, 0.3) is 5.91 Å². The zero-order chi connectivity index (χ0) is 20.5. The molecule has 0 radical (unpaired) electrons. The van der Waals surface area contributed by atoms with Crippen molar-refractivity contribution >= 4 is 34.1 Å². The first kappa shape index (κ1) is 19.2. The molecule has 0 aliphatic rings. The van der Waals surface area contributed by atoms with E-state index in [9.17, 15) is 4.79 Å². The molecule has 0 atom stereocenters. The van der Waals surface area contributed by atoms with Crippen molar-refractivity contribution in [2.24, 2.45) is 0 Å². The third-order valence-electron chi connectivity index (χ3n) is 5.04. The van der Waals surface area contributed by atoms with Gasteiger partial charge in [-0.1, -0.05) is 53.6 Å². The van der Waals surface area contributed by atoms with E-state index in [0.717, 1.165) is 44.5 Å². The number of carbonyl (C=O) groups is 1. The van der Waals surface area contributed by atoms with Crippen LogP contribution in [0.2, 0.25) is 5.02 Å². The Morgan fingerprint density at radius 3 is 2.31 bits per heavy atom. The summed E-state index contributed by atoms with van der Waals surface area (Å²) in [6.45, 7) is 6.02. The molecule has 0 aliphatic heterocycles. The molecule has 144 valence electrons. The van der Waals surface area contributed by atoms with E-state index in [0.29, 0.717) is 10.6 Å². The van der Waals surface area contributed by atoms with Crippen molar-refractivity contribution in [2.75, 3.05) is 5.32 Å². The Morgan fingerprint density at radius 1 is 0.931 bits per heavy atom. The van der Waals surface area contributed by atoms with E-state index >= 15 is 0 Å². The predicted molar refractivity (Wildman–Crippen MR) is 121 cm³/mol. The van der Waals surface area contributed by atoms with Gasteiger partial charge in [-0.05, 0) is 62.2 Å². The Hall–Kier alpha value is -3.17. The quantitative estimate of drug-likeness (QED) is 0.414. The van der Waals surface area contributed by atoms with Crippen molar-refractivity contribution in [3.05, 3.63) is 94.0 Å². The van der Waals surface area contributed by atoms with Gasteiger partial charge in [-0.25, -0.2) is 4.98 Å². The van der Waals surface area contributed by atoms with Crippen LogP contribution in [0.25, 0.3) is 22.2 Å². The van der Waals surface area contributed by atoms with Crippen molar-refractivity contribution in [1.82, 2.24) is 4.98 Å². The number of hydrogen-bond donors (Lipinski definition) is 1. The minimum Gasteiger partial charge on any atom is -0.322 e. The highest BCUT2D eigenvalue weighted by atomic mass is 35.5. The van der Waals surface area contributed by atoms with Gasteiger partial charge in [0.2, 0.25) is 0 Å². The average Bonchev–Trinajstić information content (AvgIpc) is 2.69. The lowest BCUT2D eigenvalue weighted by Crippen LogP contribution is -2.15. The second-order valence-electron chi connectivity index (χ2n) is 7.27. The highest BCUT2D eigenvalue weighted by Crippen LogP contribution is 2.32. The van der Waals surface area contributed by atoms with E-state index < -0.39 is 0 Å². The monoisotopic (exact) mass is 400 g/mol. The lowest BCUT2D eigenvalue weighted by molar-refractivity contribution is 0.102. The van der Waals surface area contributed by atoms with Crippen LogP contribution in [0.5, 0.6) is 0 Å². The molecule has 1 aromatic heterocycles. The van der Waals surface area contributed by atoms with Gasteiger partial charge in [0.05, 0.1) is 16.8 Å². The summed E-state index contributed by atoms with van der Waals surface area (Å²) in [5.41, 5.74) is 6.97. The third kappa shape index (κ3) is 3.74. The highest BCUT2D eigenvalue weighted by molar-refractivity contribution is 6.30. The molecule has 0 fully saturated rings. The van der Waals surface area contributed by atoms with Crippen molar-refractivity contribution in [2.45, 2.75) is 20.8 Å². The summed E-state index contributed by atoms with van der Waals surface area (Å²) >= 11 is 6.06. The Balaban J connectivity index is 1.96. The summed E-state index contributed by atoms with van der Waals surface area (Å²) < 4.78 is 0. The second-order valence-corrected chi connectivity index (χ2v) is 7.70. The van der Waals surface area contributed by atoms with Crippen molar-refractivity contribution in [3.63, 3.8) is 0 Å². The molecule has 4 heteroatoms. The van der Waals surface area contributed by atoms with Gasteiger partial charge in [-0.15, -0.1) is 0 Å². The van der Waals surface area contributed by atoms with Gasteiger partial charge in [0, 0.05) is 21.7 Å². The number of aromatic nitrogens is 1. The average molecular weight is 401 g/mol. The fourth-order valence-corrected chi connectivity index (χ4v) is 3.84. The summed E-state index contributed by atoms with van der Waals surface area (Å²) in [4.78, 5) is 18.3. The second kappa shape index (κ2) is 7.69. The van der Waals surface area contributed by atoms with E-state index in [1.54, 1.807) is 0 Å². The molecule has 0 saturated heterocycles. The van der Waals surface area contributed by atoms with Gasteiger partial charge >= 0.3 is 0 Å². The van der Waals surface area contributed by atoms with Gasteiger partial charge in [0.15, 0.2) is 0 Å². The molecule has 4 rings (SSSR count). The number of fused-ring (bicyclic) bond motifs is 1. The van der Waals surface area contributed by atoms with Gasteiger partial charge in [-0.2, -0.15) is 0 Å². The van der Waals surface area contributed by atoms with Crippen LogP contribution in [0, 0.1) is 20.8 Å². The molecular formula is C25H21ClN2O. The lowest BCUT2D eigenvalue weighted by Gasteiger charge is -2.16. The maximum Gasteiger partial charge on any atom is 0.256 e. The Labute approximate surface area is 175 Å². The van der Waals surface area contributed by atoms with Crippen molar-refractivity contribution < 1.29 is 4.79 Å². The zero-order valence-electron chi connectivity index (χ0n) is 16.6. The number of halogens is 1. The fraction of sp³-hybridized carbons (Fsp3) is 0.120. The van der Waals surface area contributed by atoms with Crippen LogP contribution in [0.4, 0.5) is 5.69 Å². The maximum absolute atomic E-state index is 13.3. The van der Waals surface area contributed by atoms with Crippen molar-refractivity contribution in [3.8, 4) is 11.3 Å². The largest absolute Gasteiger partial charge is 0.322 e. The first-order chi connectivity index (χ1) is 13.9. The molecular weight excluding hydrogens is 380 g/mol. The van der Waals surface area contributed by atoms with Crippen LogP contribution < -0.4 is 5.32 Å². The fourth-order valence-electron chi connectivity index (χ4n) is 3.71. The Bertz CT molecular complexity index is 1220. The highest BCUT2D eigenvalue weighted by Gasteiger charge is 2.20. The zero-order valence-corrected chi connectivity index (χ0v) is 17.3. The number of pyridine rings is 1. The minimum atomic E-state index is -0.138. The van der Waals surface area contributed by atoms with E-state index in [-0.39, 0.29) is 5.91 Å². The number of para-hydroxylation sites is 1. The Kier molecular flexibility index (Phi) is 5.08. The molecule has 3 nitrogen and oxygen atoms in total. The van der Waals surface area contributed by atoms with Crippen molar-refractivity contribution in [1.29, 1.82) is 0 Å². The first-order valence-electron chi connectivity index (χ1n) is 9.48. The number of nitrogens with one attached hydrogen (secondary N) is 1. The molecule has 0 unspecified atom stereocenters. The smallest absolute Gasteiger partial charge is 0.256 e. The molecule has 1 amide bonds. The van der Waals surface area contributed by atoms with Crippen LogP contribution in [-0.4, -0.2) is 10.9 Å². The molecule has 0 spiro atoms. The molecule has 1 N–H and O–H groups in total. The number of anilines is 1. The van der Waals surface area contributed by atoms with Gasteiger partial charge in [-0.3, -0.25) is 4.79 Å². The number of amides is 1. The van der Waals surface area contributed by atoms with Crippen LogP contribution in [-0.2, 0) is 0 Å². The molecule has 0 aliphatic carbocycles. The van der Waals surface area contributed by atoms with E-state index in [2.05, 4.69) is 11.4 Å². The van der Waals surface area contributed by atoms with Crippen LogP contribution in [0.1, 0.15) is 27.0 Å². The SMILES string of the molecule is Cc1cc(C)c2nc(-c3ccc(Cl)cc3)c(C)c(C(=O)Nc3ccccc3)c2c1. The molecule has 29 heavy (non-hydrogen) atoms. The van der Waals surface area contributed by atoms with E-state index in [1.165, 1.54) is 0 Å². The molecule has 3 aromatic carbocycles. The first-order valence-corrected chi connectivity index (χ1v) is 9.86. The number of aryl methyl sites for hydroxylation is 2. The normalized spacial score (nSPS) is 10.9. The predicted octanol–water partition coefficient (Wildman–Crippen LogP) is 6.73. The summed E-state index contributed by atoms with van der Waals surface area (Å²) in [6, 6.07) is 21.2. The molecule has 4 aromatic rings. The third-order valence-corrected chi connectivity index (χ3v) is 5.30. The number of hydrogen-bond acceptors (Lipinski definition) is 2. The topological polar surface area (TPSA) is 42.0 Å². The lowest BCUT2D eigenvalue weighted by atomic mass is 9.94. The maximum atomic E-state index is 13.3. The Morgan fingerprint density at radius 2 is 1.62 bits per heavy atom. The van der Waals surface area contributed by atoms with Gasteiger partial charge < -0.3 is 5.32 Å². The number of benzene rings is 3. The molecule has 0 bridgehead atoms.